The highest BCUT2D eigenvalue weighted by atomic mass is 15.3. The van der Waals surface area contributed by atoms with E-state index in [4.69, 9.17) is 5.84 Å². The fourth-order valence-corrected chi connectivity index (χ4v) is 1.90. The van der Waals surface area contributed by atoms with E-state index in [1.807, 2.05) is 7.05 Å². The predicted octanol–water partition coefficient (Wildman–Crippen LogP) is 0.491. The van der Waals surface area contributed by atoms with Crippen molar-refractivity contribution in [3.05, 3.63) is 12.0 Å². The van der Waals surface area contributed by atoms with E-state index in [-0.39, 0.29) is 0 Å². The zero-order valence-electron chi connectivity index (χ0n) is 11.0. The average Bonchev–Trinajstić information content (AvgIpc) is 2.77. The third-order valence-electron chi connectivity index (χ3n) is 3.03. The molecular formula is C11H19N7. The third-order valence-corrected chi connectivity index (χ3v) is 3.03. The van der Waals surface area contributed by atoms with Crippen molar-refractivity contribution in [2.75, 3.05) is 18.5 Å². The van der Waals surface area contributed by atoms with Crippen LogP contribution in [0.2, 0.25) is 0 Å². The van der Waals surface area contributed by atoms with Crippen LogP contribution in [0.4, 0.5) is 5.82 Å². The number of hydrogen-bond acceptors (Lipinski definition) is 6. The number of hydrazine groups is 1. The lowest BCUT2D eigenvalue weighted by Gasteiger charge is -2.17. The molecule has 7 nitrogen and oxygen atoms in total. The number of aromatic nitrogens is 4. The van der Waals surface area contributed by atoms with Crippen molar-refractivity contribution in [1.82, 2.24) is 24.6 Å². The van der Waals surface area contributed by atoms with E-state index in [1.54, 1.807) is 10.9 Å². The number of anilines is 1. The molecular weight excluding hydrogens is 230 g/mol. The van der Waals surface area contributed by atoms with Crippen molar-refractivity contribution in [2.45, 2.75) is 20.4 Å². The minimum absolute atomic E-state index is 0.621. The van der Waals surface area contributed by atoms with Crippen LogP contribution in [0.15, 0.2) is 6.20 Å². The minimum atomic E-state index is 0.621. The zero-order chi connectivity index (χ0) is 13.1. The largest absolute Gasteiger partial charge is 0.308 e. The maximum Gasteiger partial charge on any atom is 0.163 e. The number of nitrogens with one attached hydrogen (secondary N) is 1. The van der Waals surface area contributed by atoms with Crippen molar-refractivity contribution in [3.63, 3.8) is 0 Å². The van der Waals surface area contributed by atoms with Gasteiger partial charge in [-0.05, 0) is 13.1 Å². The molecule has 2 aromatic heterocycles. The molecule has 0 amide bonds. The van der Waals surface area contributed by atoms with E-state index in [1.165, 1.54) is 0 Å². The van der Waals surface area contributed by atoms with Gasteiger partial charge < -0.3 is 5.43 Å². The second kappa shape index (κ2) is 5.28. The van der Waals surface area contributed by atoms with E-state index in [9.17, 15) is 0 Å². The Hall–Kier alpha value is -1.73. The smallest absolute Gasteiger partial charge is 0.163 e. The van der Waals surface area contributed by atoms with Crippen LogP contribution in [0.3, 0.4) is 0 Å². The summed E-state index contributed by atoms with van der Waals surface area (Å²) in [6.07, 6.45) is 1.71. The molecule has 2 rings (SSSR count). The predicted molar refractivity (Wildman–Crippen MR) is 70.7 cm³/mol. The Morgan fingerprint density at radius 3 is 2.67 bits per heavy atom. The van der Waals surface area contributed by atoms with Crippen molar-refractivity contribution >= 4 is 16.9 Å². The molecule has 0 radical (unpaired) electrons. The topological polar surface area (TPSA) is 84.9 Å². The van der Waals surface area contributed by atoms with Gasteiger partial charge in [-0.2, -0.15) is 5.10 Å². The first-order chi connectivity index (χ1) is 8.69. The number of aryl methyl sites for hydroxylation is 1. The first-order valence-electron chi connectivity index (χ1n) is 6.07. The quantitative estimate of drug-likeness (QED) is 0.592. The summed E-state index contributed by atoms with van der Waals surface area (Å²) in [5.74, 6) is 6.87. The lowest BCUT2D eigenvalue weighted by atomic mass is 10.3. The molecule has 98 valence electrons. The SMILES string of the molecule is CCN(CC)Cc1nc(NN)c2cnn(C)c2n1. The highest BCUT2D eigenvalue weighted by Gasteiger charge is 2.12. The molecule has 7 heteroatoms. The summed E-state index contributed by atoms with van der Waals surface area (Å²) in [7, 11) is 1.86. The third kappa shape index (κ3) is 2.27. The molecule has 18 heavy (non-hydrogen) atoms. The van der Waals surface area contributed by atoms with E-state index < -0.39 is 0 Å². The number of fused-ring (bicyclic) bond motifs is 1. The maximum absolute atomic E-state index is 5.50. The molecule has 0 fully saturated rings. The van der Waals surface area contributed by atoms with Gasteiger partial charge in [0, 0.05) is 7.05 Å². The van der Waals surface area contributed by atoms with Gasteiger partial charge in [-0.15, -0.1) is 0 Å². The summed E-state index contributed by atoms with van der Waals surface area (Å²) in [6, 6.07) is 0. The van der Waals surface area contributed by atoms with Gasteiger partial charge in [0.1, 0.15) is 5.82 Å². The molecule has 0 bridgehead atoms. The first kappa shape index (κ1) is 12.7. The number of rotatable bonds is 5. The normalized spacial score (nSPS) is 11.4. The maximum atomic E-state index is 5.50. The monoisotopic (exact) mass is 249 g/mol. The Kier molecular flexibility index (Phi) is 3.73. The minimum Gasteiger partial charge on any atom is -0.308 e. The van der Waals surface area contributed by atoms with Gasteiger partial charge in [0.25, 0.3) is 0 Å². The standard InChI is InChI=1S/C11H19N7/c1-4-18(5-2)7-9-14-10(16-12)8-6-13-17(3)11(8)15-9/h6H,4-5,7,12H2,1-3H3,(H,14,15,16). The lowest BCUT2D eigenvalue weighted by molar-refractivity contribution is 0.288. The van der Waals surface area contributed by atoms with Crippen LogP contribution in [-0.4, -0.2) is 37.7 Å². The number of hydrogen-bond donors (Lipinski definition) is 2. The van der Waals surface area contributed by atoms with Crippen molar-refractivity contribution in [1.29, 1.82) is 0 Å². The molecule has 0 aliphatic carbocycles. The zero-order valence-corrected chi connectivity index (χ0v) is 11.0. The van der Waals surface area contributed by atoms with Crippen LogP contribution < -0.4 is 11.3 Å². The van der Waals surface area contributed by atoms with Gasteiger partial charge in [0.2, 0.25) is 0 Å². The van der Waals surface area contributed by atoms with Crippen LogP contribution in [0.25, 0.3) is 11.0 Å². The molecule has 0 aliphatic rings. The van der Waals surface area contributed by atoms with E-state index in [0.29, 0.717) is 12.4 Å². The van der Waals surface area contributed by atoms with E-state index >= 15 is 0 Å². The van der Waals surface area contributed by atoms with Gasteiger partial charge in [0.05, 0.1) is 18.1 Å². The highest BCUT2D eigenvalue weighted by molar-refractivity contribution is 5.86. The van der Waals surface area contributed by atoms with Crippen LogP contribution >= 0.6 is 0 Å². The Labute approximate surface area is 106 Å². The first-order valence-corrected chi connectivity index (χ1v) is 6.07. The van der Waals surface area contributed by atoms with Crippen molar-refractivity contribution in [3.8, 4) is 0 Å². The van der Waals surface area contributed by atoms with Crippen LogP contribution in [0, 0.1) is 0 Å². The summed E-state index contributed by atoms with van der Waals surface area (Å²) >= 11 is 0. The van der Waals surface area contributed by atoms with Crippen LogP contribution in [0.1, 0.15) is 19.7 Å². The van der Waals surface area contributed by atoms with Gasteiger partial charge in [-0.25, -0.2) is 15.8 Å². The molecule has 0 aliphatic heterocycles. The van der Waals surface area contributed by atoms with E-state index in [2.05, 4.69) is 39.2 Å². The molecule has 3 N–H and O–H groups in total. The number of nitrogen functional groups attached to an aromatic ring is 1. The van der Waals surface area contributed by atoms with Gasteiger partial charge >= 0.3 is 0 Å². The summed E-state index contributed by atoms with van der Waals surface area (Å²) in [6.45, 7) is 6.88. The van der Waals surface area contributed by atoms with Crippen molar-refractivity contribution in [2.24, 2.45) is 12.9 Å². The lowest BCUT2D eigenvalue weighted by Crippen LogP contribution is -2.24. The van der Waals surface area contributed by atoms with Gasteiger partial charge in [-0.1, -0.05) is 13.8 Å². The second-order valence-electron chi connectivity index (χ2n) is 4.10. The van der Waals surface area contributed by atoms with Crippen molar-refractivity contribution < 1.29 is 0 Å². The molecule has 2 heterocycles. The molecule has 0 aromatic carbocycles. The highest BCUT2D eigenvalue weighted by Crippen LogP contribution is 2.18. The molecule has 0 unspecified atom stereocenters. The summed E-state index contributed by atoms with van der Waals surface area (Å²) < 4.78 is 1.73. The van der Waals surface area contributed by atoms with Gasteiger partial charge in [-0.3, -0.25) is 9.58 Å². The molecule has 0 saturated heterocycles. The van der Waals surface area contributed by atoms with Gasteiger partial charge in [0.15, 0.2) is 11.5 Å². The molecule has 2 aromatic rings. The molecule has 0 spiro atoms. The van der Waals surface area contributed by atoms with Crippen LogP contribution in [0.5, 0.6) is 0 Å². The fraction of sp³-hybridized carbons (Fsp3) is 0.545. The Morgan fingerprint density at radius 1 is 1.33 bits per heavy atom. The Morgan fingerprint density at radius 2 is 2.06 bits per heavy atom. The summed E-state index contributed by atoms with van der Waals surface area (Å²) in [4.78, 5) is 11.2. The molecule has 0 saturated carbocycles. The number of nitrogens with two attached hydrogens (primary N) is 1. The molecule has 0 atom stereocenters. The summed E-state index contributed by atoms with van der Waals surface area (Å²) in [5, 5.41) is 5.01. The fourth-order valence-electron chi connectivity index (χ4n) is 1.90. The summed E-state index contributed by atoms with van der Waals surface area (Å²) in [5.41, 5.74) is 3.40. The second-order valence-corrected chi connectivity index (χ2v) is 4.10. The van der Waals surface area contributed by atoms with Crippen LogP contribution in [-0.2, 0) is 13.6 Å². The Balaban J connectivity index is 2.42. The average molecular weight is 249 g/mol. The Bertz CT molecular complexity index is 529. The van der Waals surface area contributed by atoms with E-state index in [0.717, 1.165) is 29.9 Å². The number of nitrogens with zero attached hydrogens (tertiary/aromatic N) is 5.